The molecule has 0 fully saturated rings. The maximum Gasteiger partial charge on any atom is 0.239 e. The van der Waals surface area contributed by atoms with E-state index in [0.717, 1.165) is 12.1 Å². The van der Waals surface area contributed by atoms with Gasteiger partial charge < -0.3 is 15.5 Å². The van der Waals surface area contributed by atoms with Crippen LogP contribution in [0.1, 0.15) is 26.3 Å². The molecule has 2 N–H and O–H groups in total. The molecule has 0 aliphatic rings. The van der Waals surface area contributed by atoms with E-state index in [1.54, 1.807) is 11.0 Å². The predicted molar refractivity (Wildman–Crippen MR) is 80.4 cm³/mol. The lowest BCUT2D eigenvalue weighted by Crippen LogP contribution is -2.37. The summed E-state index contributed by atoms with van der Waals surface area (Å²) in [6.45, 7) is 8.62. The van der Waals surface area contributed by atoms with Crippen LogP contribution in [0, 0.1) is 5.82 Å². The molecule has 1 aromatic rings. The van der Waals surface area contributed by atoms with Crippen LogP contribution in [0.15, 0.2) is 18.2 Å². The summed E-state index contributed by atoms with van der Waals surface area (Å²) < 4.78 is 14.1. The van der Waals surface area contributed by atoms with Gasteiger partial charge in [0.1, 0.15) is 5.82 Å². The molecule has 1 rings (SSSR count). The van der Waals surface area contributed by atoms with Gasteiger partial charge in [0.15, 0.2) is 0 Å². The van der Waals surface area contributed by atoms with Crippen molar-refractivity contribution in [2.24, 2.45) is 0 Å². The van der Waals surface area contributed by atoms with Crippen molar-refractivity contribution in [3.63, 3.8) is 0 Å². The van der Waals surface area contributed by atoms with Gasteiger partial charge in [-0.2, -0.15) is 0 Å². The average Bonchev–Trinajstić information content (AvgIpc) is 2.43. The Morgan fingerprint density at radius 1 is 1.25 bits per heavy atom. The van der Waals surface area contributed by atoms with Crippen molar-refractivity contribution in [3.05, 3.63) is 29.6 Å². The van der Waals surface area contributed by atoms with E-state index in [4.69, 9.17) is 0 Å². The number of carbonyl (C=O) groups excluding carboxylic acids is 1. The summed E-state index contributed by atoms with van der Waals surface area (Å²) in [4.78, 5) is 13.4. The van der Waals surface area contributed by atoms with Crippen LogP contribution >= 0.6 is 0 Å². The SMILES string of the molecule is CCNCc1ccc(N(CC)CC(=O)NCC)c(F)c1. The van der Waals surface area contributed by atoms with Crippen LogP contribution in [0.5, 0.6) is 0 Å². The van der Waals surface area contributed by atoms with Crippen molar-refractivity contribution >= 4 is 11.6 Å². The van der Waals surface area contributed by atoms with E-state index >= 15 is 0 Å². The van der Waals surface area contributed by atoms with E-state index < -0.39 is 0 Å². The molecule has 1 amide bonds. The maximum absolute atomic E-state index is 14.1. The van der Waals surface area contributed by atoms with E-state index in [2.05, 4.69) is 10.6 Å². The zero-order valence-corrected chi connectivity index (χ0v) is 12.5. The third-order valence-corrected chi connectivity index (χ3v) is 3.02. The minimum Gasteiger partial charge on any atom is -0.360 e. The summed E-state index contributed by atoms with van der Waals surface area (Å²) >= 11 is 0. The van der Waals surface area contributed by atoms with Crippen LogP contribution in [-0.2, 0) is 11.3 Å². The number of hydrogen-bond acceptors (Lipinski definition) is 3. The molecule has 1 aromatic carbocycles. The maximum atomic E-state index is 14.1. The Balaban J connectivity index is 2.79. The fraction of sp³-hybridized carbons (Fsp3) is 0.533. The average molecular weight is 281 g/mol. The summed E-state index contributed by atoms with van der Waals surface area (Å²) in [5.74, 6) is -0.378. The Morgan fingerprint density at radius 3 is 2.55 bits per heavy atom. The molecule has 0 atom stereocenters. The van der Waals surface area contributed by atoms with E-state index in [0.29, 0.717) is 25.3 Å². The molecule has 112 valence electrons. The first kappa shape index (κ1) is 16.4. The number of amides is 1. The molecule has 0 unspecified atom stereocenters. The van der Waals surface area contributed by atoms with Gasteiger partial charge in [0.25, 0.3) is 0 Å². The topological polar surface area (TPSA) is 44.4 Å². The quantitative estimate of drug-likeness (QED) is 0.765. The van der Waals surface area contributed by atoms with Crippen LogP contribution in [0.25, 0.3) is 0 Å². The minimum atomic E-state index is -0.286. The van der Waals surface area contributed by atoms with Gasteiger partial charge >= 0.3 is 0 Å². The second-order valence-corrected chi connectivity index (χ2v) is 4.53. The Labute approximate surface area is 120 Å². The van der Waals surface area contributed by atoms with E-state index in [-0.39, 0.29) is 18.3 Å². The lowest BCUT2D eigenvalue weighted by molar-refractivity contribution is -0.119. The summed E-state index contributed by atoms with van der Waals surface area (Å²) in [5, 5.41) is 5.88. The number of hydrogen-bond donors (Lipinski definition) is 2. The van der Waals surface area contributed by atoms with Crippen LogP contribution in [0.4, 0.5) is 10.1 Å². The van der Waals surface area contributed by atoms with Gasteiger partial charge in [-0.1, -0.05) is 13.0 Å². The first-order chi connectivity index (χ1) is 9.62. The van der Waals surface area contributed by atoms with E-state index in [1.165, 1.54) is 6.07 Å². The first-order valence-corrected chi connectivity index (χ1v) is 7.13. The molecular formula is C15H24FN3O. The fourth-order valence-electron chi connectivity index (χ4n) is 1.98. The smallest absolute Gasteiger partial charge is 0.239 e. The second-order valence-electron chi connectivity index (χ2n) is 4.53. The van der Waals surface area contributed by atoms with Crippen LogP contribution in [0.3, 0.4) is 0 Å². The zero-order valence-electron chi connectivity index (χ0n) is 12.5. The van der Waals surface area contributed by atoms with Gasteiger partial charge in [0.2, 0.25) is 5.91 Å². The summed E-state index contributed by atoms with van der Waals surface area (Å²) in [6, 6.07) is 5.16. The molecule has 0 heterocycles. The summed E-state index contributed by atoms with van der Waals surface area (Å²) in [5.41, 5.74) is 1.38. The van der Waals surface area contributed by atoms with Crippen molar-refractivity contribution in [2.45, 2.75) is 27.3 Å². The van der Waals surface area contributed by atoms with Crippen molar-refractivity contribution < 1.29 is 9.18 Å². The van der Waals surface area contributed by atoms with Crippen molar-refractivity contribution in [1.29, 1.82) is 0 Å². The monoisotopic (exact) mass is 281 g/mol. The second kappa shape index (κ2) is 8.53. The van der Waals surface area contributed by atoms with E-state index in [1.807, 2.05) is 26.8 Å². The van der Waals surface area contributed by atoms with Gasteiger partial charge in [-0.15, -0.1) is 0 Å². The van der Waals surface area contributed by atoms with Crippen molar-refractivity contribution in [3.8, 4) is 0 Å². The molecule has 0 aliphatic heterocycles. The lowest BCUT2D eigenvalue weighted by Gasteiger charge is -2.23. The van der Waals surface area contributed by atoms with Gasteiger partial charge in [0, 0.05) is 19.6 Å². The molecule has 0 aromatic heterocycles. The molecule has 0 spiro atoms. The van der Waals surface area contributed by atoms with Gasteiger partial charge in [0.05, 0.1) is 12.2 Å². The standard InChI is InChI=1S/C15H24FN3O/c1-4-17-10-12-7-8-14(13(16)9-12)19(6-3)11-15(20)18-5-2/h7-9,17H,4-6,10-11H2,1-3H3,(H,18,20). The highest BCUT2D eigenvalue weighted by Crippen LogP contribution is 2.20. The third kappa shape index (κ3) is 4.81. The Kier molecular flexibility index (Phi) is 7.01. The van der Waals surface area contributed by atoms with E-state index in [9.17, 15) is 9.18 Å². The number of rotatable bonds is 8. The molecule has 0 aliphatic carbocycles. The number of likely N-dealkylation sites (N-methyl/N-ethyl adjacent to an activating group) is 2. The number of halogens is 1. The van der Waals surface area contributed by atoms with Crippen molar-refractivity contribution in [1.82, 2.24) is 10.6 Å². The number of anilines is 1. The molecule has 5 heteroatoms. The molecule has 0 saturated carbocycles. The largest absolute Gasteiger partial charge is 0.360 e. The van der Waals surface area contributed by atoms with Gasteiger partial charge in [-0.05, 0) is 38.1 Å². The summed E-state index contributed by atoms with van der Waals surface area (Å²) in [7, 11) is 0. The number of nitrogens with one attached hydrogen (secondary N) is 2. The predicted octanol–water partition coefficient (Wildman–Crippen LogP) is 1.90. The highest BCUT2D eigenvalue weighted by Gasteiger charge is 2.13. The number of nitrogens with zero attached hydrogens (tertiary/aromatic N) is 1. The minimum absolute atomic E-state index is 0.0922. The Morgan fingerprint density at radius 2 is 2.00 bits per heavy atom. The molecular weight excluding hydrogens is 257 g/mol. The highest BCUT2D eigenvalue weighted by molar-refractivity contribution is 5.81. The lowest BCUT2D eigenvalue weighted by atomic mass is 10.1. The fourth-order valence-corrected chi connectivity index (χ4v) is 1.98. The Hall–Kier alpha value is -1.62. The normalized spacial score (nSPS) is 10.4. The van der Waals surface area contributed by atoms with Crippen LogP contribution < -0.4 is 15.5 Å². The number of benzene rings is 1. The number of carbonyl (C=O) groups is 1. The van der Waals surface area contributed by atoms with Gasteiger partial charge in [-0.25, -0.2) is 4.39 Å². The van der Waals surface area contributed by atoms with Gasteiger partial charge in [-0.3, -0.25) is 4.79 Å². The summed E-state index contributed by atoms with van der Waals surface area (Å²) in [6.07, 6.45) is 0. The van der Waals surface area contributed by atoms with Crippen LogP contribution in [0.2, 0.25) is 0 Å². The van der Waals surface area contributed by atoms with Crippen molar-refractivity contribution in [2.75, 3.05) is 31.1 Å². The molecule has 0 radical (unpaired) electrons. The molecule has 20 heavy (non-hydrogen) atoms. The Bertz CT molecular complexity index is 437. The van der Waals surface area contributed by atoms with Crippen LogP contribution in [-0.4, -0.2) is 32.1 Å². The first-order valence-electron chi connectivity index (χ1n) is 7.13. The molecule has 4 nitrogen and oxygen atoms in total. The molecule has 0 saturated heterocycles. The third-order valence-electron chi connectivity index (χ3n) is 3.02. The highest BCUT2D eigenvalue weighted by atomic mass is 19.1. The molecule has 0 bridgehead atoms. The zero-order chi connectivity index (χ0) is 15.0.